The molecule has 0 aliphatic heterocycles. The van der Waals surface area contributed by atoms with Gasteiger partial charge in [-0.3, -0.25) is 33.1 Å². The van der Waals surface area contributed by atoms with Crippen LogP contribution in [0.4, 0.5) is 23.5 Å². The van der Waals surface area contributed by atoms with Crippen LogP contribution in [0.25, 0.3) is 0 Å². The molecule has 27 heavy (non-hydrogen) atoms. The molecule has 0 unspecified atom stereocenters. The van der Waals surface area contributed by atoms with Crippen LogP contribution in [0, 0.1) is 0 Å². The minimum Gasteiger partial charge on any atom is -0.481 e. The third-order valence-electron chi connectivity index (χ3n) is 3.30. The van der Waals surface area contributed by atoms with E-state index in [-0.39, 0.29) is 46.4 Å². The van der Waals surface area contributed by atoms with Gasteiger partial charge in [0, 0.05) is 29.3 Å². The van der Waals surface area contributed by atoms with E-state index < -0.39 is 11.9 Å². The van der Waals surface area contributed by atoms with Crippen LogP contribution in [0.5, 0.6) is 0 Å². The van der Waals surface area contributed by atoms with E-state index in [1.807, 2.05) is 0 Å². The van der Waals surface area contributed by atoms with Crippen LogP contribution in [0.1, 0.15) is 97.3 Å². The van der Waals surface area contributed by atoms with Crippen LogP contribution < -0.4 is 0 Å². The normalized spacial score (nSPS) is 7.63. The molecule has 0 heterocycles. The first-order valence-corrected chi connectivity index (χ1v) is 8.48. The molecule has 2 N–H and O–H groups in total. The van der Waals surface area contributed by atoms with E-state index in [4.69, 9.17) is 10.2 Å². The zero-order valence-corrected chi connectivity index (χ0v) is 17.2. The Morgan fingerprint density at radius 2 is 0.815 bits per heavy atom. The predicted octanol–water partition coefficient (Wildman–Crippen LogP) is 6.01. The Hall–Kier alpha value is -0.916. The summed E-state index contributed by atoms with van der Waals surface area (Å²) in [6.07, 6.45) is 14.6. The SMILES string of the molecule is CCC(=O)O.CCCCCCCCCCCCCC(=O)O.F.F.F.F.F.[Ni]. The summed E-state index contributed by atoms with van der Waals surface area (Å²) in [7, 11) is 0. The smallest absolute Gasteiger partial charge is 0.303 e. The van der Waals surface area contributed by atoms with Crippen molar-refractivity contribution in [3.63, 3.8) is 0 Å². The molecular formula is C17H39F5NiO4. The number of carboxylic acids is 2. The minimum atomic E-state index is -0.745. The predicted molar refractivity (Wildman–Crippen MR) is 99.2 cm³/mol. The average Bonchev–Trinajstić information content (AvgIpc) is 2.45. The first-order valence-electron chi connectivity index (χ1n) is 8.48. The topological polar surface area (TPSA) is 74.6 Å². The quantitative estimate of drug-likeness (QED) is 0.200. The van der Waals surface area contributed by atoms with Crippen LogP contribution in [0.3, 0.4) is 0 Å². The second-order valence-corrected chi connectivity index (χ2v) is 5.43. The zero-order valence-electron chi connectivity index (χ0n) is 16.3. The summed E-state index contributed by atoms with van der Waals surface area (Å²) in [4.78, 5) is 19.6. The molecule has 0 fully saturated rings. The Bertz CT molecular complexity index is 263. The molecule has 0 aliphatic rings. The number of carboxylic acid groups (broad SMARTS) is 2. The molecule has 0 aromatic heterocycles. The van der Waals surface area contributed by atoms with Gasteiger partial charge in [0.1, 0.15) is 0 Å². The van der Waals surface area contributed by atoms with Crippen molar-refractivity contribution in [2.75, 3.05) is 0 Å². The van der Waals surface area contributed by atoms with Gasteiger partial charge in [-0.2, -0.15) is 0 Å². The summed E-state index contributed by atoms with van der Waals surface area (Å²) in [5.41, 5.74) is 0. The molecule has 0 saturated carbocycles. The molecule has 0 spiro atoms. The van der Waals surface area contributed by atoms with Crippen LogP contribution in [-0.4, -0.2) is 22.2 Å². The largest absolute Gasteiger partial charge is 0.481 e. The molecule has 0 atom stereocenters. The Labute approximate surface area is 169 Å². The van der Waals surface area contributed by atoms with E-state index in [0.29, 0.717) is 6.42 Å². The molecule has 4 nitrogen and oxygen atoms in total. The molecule has 0 rings (SSSR count). The van der Waals surface area contributed by atoms with Crippen molar-refractivity contribution in [3.05, 3.63) is 0 Å². The Morgan fingerprint density at radius 1 is 0.556 bits per heavy atom. The second-order valence-electron chi connectivity index (χ2n) is 5.43. The van der Waals surface area contributed by atoms with E-state index in [1.165, 1.54) is 57.8 Å². The first-order chi connectivity index (χ1) is 10.0. The summed E-state index contributed by atoms with van der Waals surface area (Å²) < 4.78 is 0. The van der Waals surface area contributed by atoms with Crippen molar-refractivity contribution in [2.45, 2.75) is 97.3 Å². The molecule has 10 heteroatoms. The first kappa shape index (κ1) is 50.2. The van der Waals surface area contributed by atoms with Gasteiger partial charge in [-0.05, 0) is 6.42 Å². The van der Waals surface area contributed by atoms with Gasteiger partial charge in [-0.15, -0.1) is 0 Å². The summed E-state index contributed by atoms with van der Waals surface area (Å²) in [6.45, 7) is 3.85. The average molecular weight is 461 g/mol. The van der Waals surface area contributed by atoms with Crippen LogP contribution >= 0.6 is 0 Å². The fourth-order valence-electron chi connectivity index (χ4n) is 1.94. The third kappa shape index (κ3) is 67.4. The van der Waals surface area contributed by atoms with Crippen LogP contribution in [0.15, 0.2) is 0 Å². The maximum atomic E-state index is 10.3. The monoisotopic (exact) mass is 460 g/mol. The molecular weight excluding hydrogens is 422 g/mol. The van der Waals surface area contributed by atoms with Crippen molar-refractivity contribution in [3.8, 4) is 0 Å². The zero-order chi connectivity index (χ0) is 16.3. The van der Waals surface area contributed by atoms with Crippen molar-refractivity contribution in [1.82, 2.24) is 0 Å². The number of aliphatic carboxylic acids is 2. The van der Waals surface area contributed by atoms with Crippen molar-refractivity contribution < 1.29 is 59.8 Å². The molecule has 0 aromatic rings. The number of unbranched alkanes of at least 4 members (excludes halogenated alkanes) is 10. The Morgan fingerprint density at radius 3 is 1.04 bits per heavy atom. The van der Waals surface area contributed by atoms with E-state index in [9.17, 15) is 9.59 Å². The maximum absolute atomic E-state index is 10.3. The van der Waals surface area contributed by atoms with Crippen LogP contribution in [0.2, 0.25) is 0 Å². The number of carbonyl (C=O) groups is 2. The second kappa shape index (κ2) is 44.5. The Balaban J connectivity index is -0.0000000489. The van der Waals surface area contributed by atoms with Crippen molar-refractivity contribution >= 4 is 11.9 Å². The molecule has 0 saturated heterocycles. The van der Waals surface area contributed by atoms with Gasteiger partial charge >= 0.3 is 11.9 Å². The van der Waals surface area contributed by atoms with Gasteiger partial charge in [-0.25, -0.2) is 0 Å². The summed E-state index contributed by atoms with van der Waals surface area (Å²) in [6, 6.07) is 0. The van der Waals surface area contributed by atoms with Crippen LogP contribution in [-0.2, 0) is 26.1 Å². The maximum Gasteiger partial charge on any atom is 0.303 e. The van der Waals surface area contributed by atoms with Gasteiger partial charge < -0.3 is 10.2 Å². The molecule has 0 aromatic carbocycles. The number of rotatable bonds is 13. The molecule has 0 bridgehead atoms. The van der Waals surface area contributed by atoms with Gasteiger partial charge in [0.25, 0.3) is 0 Å². The summed E-state index contributed by atoms with van der Waals surface area (Å²) >= 11 is 0. The number of hydrogen-bond donors (Lipinski definition) is 2. The molecule has 0 amide bonds. The van der Waals surface area contributed by atoms with E-state index in [0.717, 1.165) is 12.8 Å². The van der Waals surface area contributed by atoms with Crippen molar-refractivity contribution in [2.24, 2.45) is 0 Å². The fraction of sp³-hybridized carbons (Fsp3) is 0.882. The van der Waals surface area contributed by atoms with Gasteiger partial charge in [0.05, 0.1) is 0 Å². The summed E-state index contributed by atoms with van der Waals surface area (Å²) in [5, 5.41) is 16.2. The van der Waals surface area contributed by atoms with E-state index in [2.05, 4.69) is 6.92 Å². The minimum absolute atomic E-state index is 0. The van der Waals surface area contributed by atoms with Crippen molar-refractivity contribution in [1.29, 1.82) is 0 Å². The van der Waals surface area contributed by atoms with E-state index >= 15 is 0 Å². The molecule has 0 aliphatic carbocycles. The molecule has 0 radical (unpaired) electrons. The van der Waals surface area contributed by atoms with Gasteiger partial charge in [0.15, 0.2) is 0 Å². The fourth-order valence-corrected chi connectivity index (χ4v) is 1.94. The standard InChI is InChI=1S/C14H28O2.C3H6O2.5FH.Ni/c1-2-3-4-5-6-7-8-9-10-11-12-13-14(15)16;1-2-3(4)5;;;;;;/h2-13H2,1H3,(H,15,16);2H2,1H3,(H,4,5);5*1H;. The molecule has 176 valence electrons. The Kier molecular flexibility index (Phi) is 82.7. The van der Waals surface area contributed by atoms with E-state index in [1.54, 1.807) is 6.92 Å². The third-order valence-corrected chi connectivity index (χ3v) is 3.30. The summed E-state index contributed by atoms with van der Waals surface area (Å²) in [5.74, 6) is -1.40. The van der Waals surface area contributed by atoms with Gasteiger partial charge in [-0.1, -0.05) is 78.1 Å². The van der Waals surface area contributed by atoms with Gasteiger partial charge in [0.2, 0.25) is 0 Å². The number of halogens is 5. The number of hydrogen-bond acceptors (Lipinski definition) is 2.